The summed E-state index contributed by atoms with van der Waals surface area (Å²) < 4.78 is 0. The van der Waals surface area contributed by atoms with Gasteiger partial charge in [-0.3, -0.25) is 24.7 Å². The second kappa shape index (κ2) is 10.4. The van der Waals surface area contributed by atoms with Crippen LogP contribution in [0.4, 0.5) is 11.4 Å². The van der Waals surface area contributed by atoms with Gasteiger partial charge in [0.2, 0.25) is 5.91 Å². The maximum atomic E-state index is 13.4. The van der Waals surface area contributed by atoms with Gasteiger partial charge in [0.25, 0.3) is 11.6 Å². The van der Waals surface area contributed by atoms with Crippen molar-refractivity contribution in [2.24, 2.45) is 5.92 Å². The first-order valence-electron chi connectivity index (χ1n) is 11.5. The summed E-state index contributed by atoms with van der Waals surface area (Å²) >= 11 is 0. The van der Waals surface area contributed by atoms with Gasteiger partial charge in [0.05, 0.1) is 16.2 Å². The number of carbonyl (C=O) groups excluding carboxylic acids is 2. The van der Waals surface area contributed by atoms with Crippen LogP contribution >= 0.6 is 0 Å². The SMILES string of the molecule is O=C(NCc1cccnc1)C1CCN(C(=O)c2cc([N+](=O)[O-])ccc2N2CCCCC2)CC1. The number of piperidine rings is 2. The average molecular weight is 452 g/mol. The minimum absolute atomic E-state index is 0.0182. The maximum Gasteiger partial charge on any atom is 0.270 e. The Labute approximate surface area is 192 Å². The first-order chi connectivity index (χ1) is 16.0. The number of likely N-dealkylation sites (tertiary alicyclic amines) is 1. The first-order valence-corrected chi connectivity index (χ1v) is 11.5. The maximum absolute atomic E-state index is 13.4. The molecule has 2 aromatic rings. The molecule has 0 atom stereocenters. The Bertz CT molecular complexity index is 999. The molecule has 1 aromatic carbocycles. The van der Waals surface area contributed by atoms with Crippen LogP contribution in [0.15, 0.2) is 42.7 Å². The highest BCUT2D eigenvalue weighted by atomic mass is 16.6. The van der Waals surface area contributed by atoms with E-state index >= 15 is 0 Å². The summed E-state index contributed by atoms with van der Waals surface area (Å²) in [6, 6.07) is 8.32. The molecule has 0 saturated carbocycles. The molecule has 2 aliphatic rings. The molecule has 2 amide bonds. The highest BCUT2D eigenvalue weighted by molar-refractivity contribution is 6.00. The zero-order valence-corrected chi connectivity index (χ0v) is 18.6. The Kier molecular flexibility index (Phi) is 7.16. The van der Waals surface area contributed by atoms with Crippen molar-refractivity contribution in [2.75, 3.05) is 31.1 Å². The molecule has 2 aliphatic heterocycles. The molecule has 9 heteroatoms. The lowest BCUT2D eigenvalue weighted by Gasteiger charge is -2.34. The zero-order valence-electron chi connectivity index (χ0n) is 18.6. The van der Waals surface area contributed by atoms with Gasteiger partial charge in [-0.15, -0.1) is 0 Å². The third kappa shape index (κ3) is 5.47. The molecular formula is C24H29N5O4. The minimum atomic E-state index is -0.463. The molecule has 0 aliphatic carbocycles. The fourth-order valence-corrected chi connectivity index (χ4v) is 4.57. The van der Waals surface area contributed by atoms with Crippen molar-refractivity contribution in [3.8, 4) is 0 Å². The second-order valence-electron chi connectivity index (χ2n) is 8.65. The summed E-state index contributed by atoms with van der Waals surface area (Å²) in [6.45, 7) is 3.02. The number of anilines is 1. The van der Waals surface area contributed by atoms with E-state index in [2.05, 4.69) is 15.2 Å². The predicted octanol–water partition coefficient (Wildman–Crippen LogP) is 3.15. The van der Waals surface area contributed by atoms with E-state index in [1.54, 1.807) is 23.4 Å². The number of nitro groups is 1. The number of carbonyl (C=O) groups is 2. The molecule has 174 valence electrons. The largest absolute Gasteiger partial charge is 0.371 e. The molecular weight excluding hydrogens is 422 g/mol. The van der Waals surface area contributed by atoms with Crippen molar-refractivity contribution in [3.05, 3.63) is 64.0 Å². The van der Waals surface area contributed by atoms with E-state index in [1.165, 1.54) is 12.1 Å². The number of nitrogens with zero attached hydrogens (tertiary/aromatic N) is 4. The van der Waals surface area contributed by atoms with Crippen molar-refractivity contribution in [2.45, 2.75) is 38.6 Å². The van der Waals surface area contributed by atoms with Gasteiger partial charge in [-0.05, 0) is 49.8 Å². The van der Waals surface area contributed by atoms with E-state index in [0.29, 0.717) is 38.0 Å². The van der Waals surface area contributed by atoms with Gasteiger partial charge in [0.1, 0.15) is 0 Å². The standard InChI is InChI=1S/C24H29N5O4/c30-23(26-17-18-5-4-10-25-16-18)19-8-13-28(14-9-19)24(31)21-15-20(29(32)33)6-7-22(21)27-11-2-1-3-12-27/h4-7,10,15-16,19H,1-3,8-9,11-14,17H2,(H,26,30). The highest BCUT2D eigenvalue weighted by Crippen LogP contribution is 2.30. The lowest BCUT2D eigenvalue weighted by molar-refractivity contribution is -0.384. The van der Waals surface area contributed by atoms with Crippen LogP contribution in [0.25, 0.3) is 0 Å². The van der Waals surface area contributed by atoms with Crippen molar-refractivity contribution in [3.63, 3.8) is 0 Å². The Morgan fingerprint density at radius 2 is 1.85 bits per heavy atom. The van der Waals surface area contributed by atoms with Crippen molar-refractivity contribution >= 4 is 23.2 Å². The topological polar surface area (TPSA) is 109 Å². The van der Waals surface area contributed by atoms with E-state index < -0.39 is 4.92 Å². The first kappa shape index (κ1) is 22.7. The molecule has 1 N–H and O–H groups in total. The molecule has 9 nitrogen and oxygen atoms in total. The van der Waals surface area contributed by atoms with Gasteiger partial charge in [-0.2, -0.15) is 0 Å². The van der Waals surface area contributed by atoms with Crippen molar-refractivity contribution < 1.29 is 14.5 Å². The third-order valence-corrected chi connectivity index (χ3v) is 6.46. The molecule has 0 bridgehead atoms. The number of pyridine rings is 1. The van der Waals surface area contributed by atoms with Crippen LogP contribution in [-0.4, -0.2) is 52.8 Å². The van der Waals surface area contributed by atoms with E-state index in [-0.39, 0.29) is 23.4 Å². The average Bonchev–Trinajstić information content (AvgIpc) is 2.87. The second-order valence-corrected chi connectivity index (χ2v) is 8.65. The molecule has 2 saturated heterocycles. The number of hydrogen-bond acceptors (Lipinski definition) is 6. The van der Waals surface area contributed by atoms with Crippen LogP contribution in [0.2, 0.25) is 0 Å². The van der Waals surface area contributed by atoms with Crippen LogP contribution in [0.5, 0.6) is 0 Å². The van der Waals surface area contributed by atoms with E-state index in [1.807, 2.05) is 12.1 Å². The molecule has 4 rings (SSSR count). The quantitative estimate of drug-likeness (QED) is 0.534. The number of hydrogen-bond donors (Lipinski definition) is 1. The van der Waals surface area contributed by atoms with Gasteiger partial charge in [0, 0.05) is 63.2 Å². The lowest BCUT2D eigenvalue weighted by atomic mass is 9.95. The van der Waals surface area contributed by atoms with E-state index in [9.17, 15) is 19.7 Å². The lowest BCUT2D eigenvalue weighted by Crippen LogP contribution is -2.43. The van der Waals surface area contributed by atoms with Gasteiger partial charge >= 0.3 is 0 Å². The van der Waals surface area contributed by atoms with Gasteiger partial charge in [-0.25, -0.2) is 0 Å². The van der Waals surface area contributed by atoms with Crippen LogP contribution in [0.3, 0.4) is 0 Å². The van der Waals surface area contributed by atoms with Gasteiger partial charge < -0.3 is 15.1 Å². The Balaban J connectivity index is 1.41. The predicted molar refractivity (Wildman–Crippen MR) is 124 cm³/mol. The molecule has 33 heavy (non-hydrogen) atoms. The highest BCUT2D eigenvalue weighted by Gasteiger charge is 2.30. The zero-order chi connectivity index (χ0) is 23.2. The minimum Gasteiger partial charge on any atom is -0.371 e. The van der Waals surface area contributed by atoms with E-state index in [4.69, 9.17) is 0 Å². The number of non-ortho nitro benzene ring substituents is 1. The summed E-state index contributed by atoms with van der Waals surface area (Å²) in [5, 5.41) is 14.3. The van der Waals surface area contributed by atoms with Crippen molar-refractivity contribution in [1.82, 2.24) is 15.2 Å². The Morgan fingerprint density at radius 3 is 2.52 bits per heavy atom. The van der Waals surface area contributed by atoms with Crippen LogP contribution in [-0.2, 0) is 11.3 Å². The molecule has 0 unspecified atom stereocenters. The number of nitro benzene ring substituents is 1. The number of benzene rings is 1. The molecule has 0 radical (unpaired) electrons. The fraction of sp³-hybridized carbons (Fsp3) is 0.458. The summed E-state index contributed by atoms with van der Waals surface area (Å²) in [4.78, 5) is 44.8. The normalized spacial score (nSPS) is 17.0. The number of nitrogens with one attached hydrogen (secondary N) is 1. The molecule has 1 aromatic heterocycles. The van der Waals surface area contributed by atoms with E-state index in [0.717, 1.165) is 43.6 Å². The Hall–Kier alpha value is -3.49. The molecule has 0 spiro atoms. The number of rotatable bonds is 6. The van der Waals surface area contributed by atoms with Crippen LogP contribution < -0.4 is 10.2 Å². The van der Waals surface area contributed by atoms with Crippen LogP contribution in [0.1, 0.15) is 48.0 Å². The van der Waals surface area contributed by atoms with Crippen molar-refractivity contribution in [1.29, 1.82) is 0 Å². The molecule has 2 fully saturated rings. The Morgan fingerprint density at radius 1 is 1.09 bits per heavy atom. The summed E-state index contributed by atoms with van der Waals surface area (Å²) in [7, 11) is 0. The number of aromatic nitrogens is 1. The smallest absolute Gasteiger partial charge is 0.270 e. The summed E-state index contributed by atoms with van der Waals surface area (Å²) in [6.07, 6.45) is 7.80. The summed E-state index contributed by atoms with van der Waals surface area (Å²) in [5.41, 5.74) is 2.00. The van der Waals surface area contributed by atoms with Gasteiger partial charge in [-0.1, -0.05) is 6.07 Å². The summed E-state index contributed by atoms with van der Waals surface area (Å²) in [5.74, 6) is -0.374. The van der Waals surface area contributed by atoms with Crippen LogP contribution in [0, 0.1) is 16.0 Å². The fourth-order valence-electron chi connectivity index (χ4n) is 4.57. The monoisotopic (exact) mass is 451 g/mol. The molecule has 3 heterocycles. The van der Waals surface area contributed by atoms with Gasteiger partial charge in [0.15, 0.2) is 0 Å². The third-order valence-electron chi connectivity index (χ3n) is 6.46. The number of amides is 2.